The molecule has 1 heteroatoms. The minimum Gasteiger partial charge on any atom is -0.309 e. The molecule has 0 atom stereocenters. The molecule has 0 aromatic heterocycles. The lowest BCUT2D eigenvalue weighted by Gasteiger charge is -2.55. The third kappa shape index (κ3) is 4.17. The fraction of sp³-hybridized carbons (Fsp3) is 0.176. The second-order valence-electron chi connectivity index (χ2n) is 16.3. The highest BCUT2D eigenvalue weighted by Gasteiger charge is 2.52. The Morgan fingerprint density at radius 2 is 0.615 bits per heavy atom. The van der Waals surface area contributed by atoms with Gasteiger partial charge in [-0.25, -0.2) is 0 Å². The van der Waals surface area contributed by atoms with E-state index >= 15 is 0 Å². The molecule has 1 nitrogen and oxygen atoms in total. The Morgan fingerprint density at radius 3 is 0.846 bits per heavy atom. The molecule has 3 aliphatic heterocycles. The Kier molecular flexibility index (Phi) is 6.78. The number of benzene rings is 6. The van der Waals surface area contributed by atoms with Crippen LogP contribution in [0.4, 0.5) is 17.1 Å². The molecule has 0 unspecified atom stereocenters. The minimum absolute atomic E-state index is 0.285. The summed E-state index contributed by atoms with van der Waals surface area (Å²) in [6.45, 7) is 27.2. The van der Waals surface area contributed by atoms with Gasteiger partial charge in [0.15, 0.2) is 0 Å². The molecule has 254 valence electrons. The van der Waals surface area contributed by atoms with Gasteiger partial charge in [0, 0.05) is 16.2 Å². The Balaban J connectivity index is 1.45. The van der Waals surface area contributed by atoms with E-state index in [4.69, 9.17) is 0 Å². The lowest BCUT2D eigenvalue weighted by atomic mass is 9.59. The van der Waals surface area contributed by atoms with Crippen molar-refractivity contribution >= 4 is 35.3 Å². The summed E-state index contributed by atoms with van der Waals surface area (Å²) in [5.74, 6) is 0. The molecule has 0 fully saturated rings. The molecule has 0 amide bonds. The average molecular weight is 672 g/mol. The summed E-state index contributed by atoms with van der Waals surface area (Å²) in [7, 11) is 0. The fourth-order valence-corrected chi connectivity index (χ4v) is 9.54. The zero-order valence-electron chi connectivity index (χ0n) is 31.2. The van der Waals surface area contributed by atoms with E-state index < -0.39 is 0 Å². The molecule has 3 aliphatic rings. The molecular formula is C51H45N. The first-order valence-corrected chi connectivity index (χ1v) is 18.5. The summed E-state index contributed by atoms with van der Waals surface area (Å²) in [5.41, 5.74) is 22.1. The van der Waals surface area contributed by atoms with Crippen LogP contribution >= 0.6 is 0 Å². The van der Waals surface area contributed by atoms with E-state index in [1.165, 1.54) is 83.8 Å². The quantitative estimate of drug-likeness (QED) is 0.170. The van der Waals surface area contributed by atoms with Crippen molar-refractivity contribution in [3.05, 3.63) is 179 Å². The highest BCUT2D eigenvalue weighted by molar-refractivity contribution is 6.01. The van der Waals surface area contributed by atoms with Crippen molar-refractivity contribution in [1.82, 2.24) is 0 Å². The molecule has 6 aromatic carbocycles. The van der Waals surface area contributed by atoms with Crippen molar-refractivity contribution in [2.75, 3.05) is 4.90 Å². The number of hydrogen-bond acceptors (Lipinski definition) is 1. The molecule has 0 saturated carbocycles. The van der Waals surface area contributed by atoms with Gasteiger partial charge in [0.05, 0.1) is 17.1 Å². The van der Waals surface area contributed by atoms with E-state index in [1.807, 2.05) is 18.2 Å². The van der Waals surface area contributed by atoms with Gasteiger partial charge in [-0.05, 0) is 120 Å². The van der Waals surface area contributed by atoms with Gasteiger partial charge in [-0.15, -0.1) is 0 Å². The first-order chi connectivity index (χ1) is 24.9. The van der Waals surface area contributed by atoms with Crippen LogP contribution in [0.5, 0.6) is 0 Å². The molecule has 52 heavy (non-hydrogen) atoms. The summed E-state index contributed by atoms with van der Waals surface area (Å²) in [5, 5.41) is 0. The smallest absolute Gasteiger partial charge is 0.0544 e. The van der Waals surface area contributed by atoms with Crippen LogP contribution in [0, 0.1) is 0 Å². The molecule has 0 N–H and O–H groups in total. The SMILES string of the molecule is C=Cc1ccccc1-c1cc2c3c(c1)C(C)(C)c1cc(-c4ccccc4C=C)cc4c1N3c1c(cc(-c3ccccc3C=C)cc1C4(C)C)C2(C)C. The predicted molar refractivity (Wildman–Crippen MR) is 224 cm³/mol. The Labute approximate surface area is 309 Å². The monoisotopic (exact) mass is 671 g/mol. The van der Waals surface area contributed by atoms with Crippen LogP contribution in [0.25, 0.3) is 51.6 Å². The molecular weight excluding hydrogens is 627 g/mol. The highest BCUT2D eigenvalue weighted by atomic mass is 15.2. The third-order valence-electron chi connectivity index (χ3n) is 12.5. The van der Waals surface area contributed by atoms with Crippen LogP contribution < -0.4 is 4.90 Å². The number of nitrogens with zero attached hydrogens (tertiary/aromatic N) is 1. The van der Waals surface area contributed by atoms with Crippen molar-refractivity contribution in [3.8, 4) is 33.4 Å². The van der Waals surface area contributed by atoms with Crippen molar-refractivity contribution in [3.63, 3.8) is 0 Å². The molecule has 0 aliphatic carbocycles. The zero-order chi connectivity index (χ0) is 36.3. The lowest BCUT2D eigenvalue weighted by Crippen LogP contribution is -2.43. The topological polar surface area (TPSA) is 3.24 Å². The first kappa shape index (κ1) is 32.3. The Hall–Kier alpha value is -5.66. The first-order valence-electron chi connectivity index (χ1n) is 18.5. The third-order valence-corrected chi connectivity index (χ3v) is 12.5. The van der Waals surface area contributed by atoms with Crippen LogP contribution in [0.15, 0.2) is 129 Å². The average Bonchev–Trinajstić information content (AvgIpc) is 3.16. The van der Waals surface area contributed by atoms with Crippen LogP contribution in [-0.2, 0) is 16.2 Å². The standard InChI is InChI=1S/C51H45N/c1-10-31-19-13-16-22-37(31)34-25-40-46-41(26-34)50(6,7)43-28-36(39-24-18-15-21-33(39)12-3)30-45-48(43)52(46)47-42(49(40,4)5)27-35(29-44(47)51(45,8)9)38-23-17-14-20-32(38)11-2/h10-30H,1-3H2,4-9H3. The molecule has 9 rings (SSSR count). The van der Waals surface area contributed by atoms with Gasteiger partial charge in [-0.3, -0.25) is 0 Å². The summed E-state index contributed by atoms with van der Waals surface area (Å²) >= 11 is 0. The van der Waals surface area contributed by atoms with E-state index in [-0.39, 0.29) is 16.2 Å². The van der Waals surface area contributed by atoms with Crippen LogP contribution in [0.1, 0.15) is 91.6 Å². The molecule has 0 saturated heterocycles. The van der Waals surface area contributed by atoms with Gasteiger partial charge >= 0.3 is 0 Å². The van der Waals surface area contributed by atoms with E-state index in [1.54, 1.807) is 0 Å². The van der Waals surface area contributed by atoms with Crippen molar-refractivity contribution in [2.45, 2.75) is 57.8 Å². The van der Waals surface area contributed by atoms with Gasteiger partial charge in [-0.2, -0.15) is 0 Å². The van der Waals surface area contributed by atoms with Crippen molar-refractivity contribution < 1.29 is 0 Å². The number of rotatable bonds is 6. The van der Waals surface area contributed by atoms with E-state index in [0.717, 1.165) is 16.7 Å². The maximum Gasteiger partial charge on any atom is 0.0544 e. The molecule has 6 aromatic rings. The summed E-state index contributed by atoms with van der Waals surface area (Å²) in [6.07, 6.45) is 5.96. The zero-order valence-corrected chi connectivity index (χ0v) is 31.2. The van der Waals surface area contributed by atoms with Crippen molar-refractivity contribution in [2.24, 2.45) is 0 Å². The van der Waals surface area contributed by atoms with E-state index in [2.05, 4.69) is 175 Å². The van der Waals surface area contributed by atoms with Crippen molar-refractivity contribution in [1.29, 1.82) is 0 Å². The molecule has 0 radical (unpaired) electrons. The minimum atomic E-state index is -0.285. The van der Waals surface area contributed by atoms with E-state index in [9.17, 15) is 0 Å². The normalized spacial score (nSPS) is 16.2. The fourth-order valence-electron chi connectivity index (χ4n) is 9.54. The number of hydrogen-bond donors (Lipinski definition) is 0. The van der Waals surface area contributed by atoms with Gasteiger partial charge in [0.25, 0.3) is 0 Å². The van der Waals surface area contributed by atoms with Crippen LogP contribution in [0.2, 0.25) is 0 Å². The lowest BCUT2D eigenvalue weighted by molar-refractivity contribution is 0.567. The molecule has 0 bridgehead atoms. The highest BCUT2D eigenvalue weighted by Crippen LogP contribution is 2.67. The summed E-state index contributed by atoms with van der Waals surface area (Å²) in [4.78, 5) is 2.66. The largest absolute Gasteiger partial charge is 0.309 e. The summed E-state index contributed by atoms with van der Waals surface area (Å²) < 4.78 is 0. The molecule has 0 spiro atoms. The summed E-state index contributed by atoms with van der Waals surface area (Å²) in [6, 6.07) is 40.8. The number of anilines is 3. The Morgan fingerprint density at radius 1 is 0.385 bits per heavy atom. The van der Waals surface area contributed by atoms with Crippen LogP contribution in [-0.4, -0.2) is 0 Å². The van der Waals surface area contributed by atoms with Gasteiger partial charge < -0.3 is 4.90 Å². The van der Waals surface area contributed by atoms with E-state index in [0.29, 0.717) is 0 Å². The maximum atomic E-state index is 4.20. The van der Waals surface area contributed by atoms with Gasteiger partial charge in [0.2, 0.25) is 0 Å². The Bertz CT molecular complexity index is 2190. The van der Waals surface area contributed by atoms with Crippen LogP contribution in [0.3, 0.4) is 0 Å². The second-order valence-corrected chi connectivity index (χ2v) is 16.3. The predicted octanol–water partition coefficient (Wildman–Crippen LogP) is 14.0. The molecule has 3 heterocycles. The van der Waals surface area contributed by atoms with Gasteiger partial charge in [0.1, 0.15) is 0 Å². The maximum absolute atomic E-state index is 4.20. The second kappa shape index (κ2) is 10.9. The van der Waals surface area contributed by atoms with Gasteiger partial charge in [-0.1, -0.05) is 152 Å².